The minimum absolute atomic E-state index is 0.598. The van der Waals surface area contributed by atoms with Crippen molar-refractivity contribution in [1.29, 1.82) is 0 Å². The zero-order valence-corrected chi connectivity index (χ0v) is 8.50. The van der Waals surface area contributed by atoms with Gasteiger partial charge in [0, 0.05) is 15.4 Å². The largest absolute Gasteiger partial charge is 0.398 e. The second-order valence-electron chi connectivity index (χ2n) is 3.79. The summed E-state index contributed by atoms with van der Waals surface area (Å²) in [6.07, 6.45) is 3.78. The van der Waals surface area contributed by atoms with Gasteiger partial charge in [-0.25, -0.2) is 0 Å². The van der Waals surface area contributed by atoms with E-state index >= 15 is 0 Å². The first-order valence-corrected chi connectivity index (χ1v) is 5.41. The molecule has 0 aromatic carbocycles. The Labute approximate surface area is 77.6 Å². The highest BCUT2D eigenvalue weighted by Crippen LogP contribution is 2.40. The molecule has 1 aliphatic carbocycles. The van der Waals surface area contributed by atoms with Gasteiger partial charge in [0.2, 0.25) is 0 Å². The van der Waals surface area contributed by atoms with Gasteiger partial charge < -0.3 is 5.73 Å². The van der Waals surface area contributed by atoms with Crippen LogP contribution in [0.3, 0.4) is 0 Å². The summed E-state index contributed by atoms with van der Waals surface area (Å²) in [5.74, 6) is 0.598. The molecule has 0 aliphatic heterocycles. The van der Waals surface area contributed by atoms with Crippen molar-refractivity contribution in [3.05, 3.63) is 15.3 Å². The molecule has 1 aromatic heterocycles. The summed E-state index contributed by atoms with van der Waals surface area (Å²) in [5, 5.41) is 0. The molecule has 1 heterocycles. The van der Waals surface area contributed by atoms with E-state index in [9.17, 15) is 0 Å². The van der Waals surface area contributed by atoms with Crippen LogP contribution < -0.4 is 5.73 Å². The molecule has 0 amide bonds. The highest BCUT2D eigenvalue weighted by Gasteiger charge is 2.21. The van der Waals surface area contributed by atoms with Crippen molar-refractivity contribution < 1.29 is 0 Å². The molecule has 0 saturated heterocycles. The van der Waals surface area contributed by atoms with Gasteiger partial charge in [-0.15, -0.1) is 11.3 Å². The minimum Gasteiger partial charge on any atom is -0.398 e. The molecular weight excluding hydrogens is 166 g/mol. The van der Waals surface area contributed by atoms with Crippen LogP contribution >= 0.6 is 11.3 Å². The van der Waals surface area contributed by atoms with Crippen molar-refractivity contribution in [3.63, 3.8) is 0 Å². The summed E-state index contributed by atoms with van der Waals surface area (Å²) in [5.41, 5.74) is 8.63. The maximum absolute atomic E-state index is 6.07. The molecule has 1 nitrogen and oxygen atoms in total. The summed E-state index contributed by atoms with van der Waals surface area (Å²) in [4.78, 5) is 2.95. The zero-order valence-electron chi connectivity index (χ0n) is 7.68. The lowest BCUT2D eigenvalue weighted by atomic mass is 10.1. The lowest BCUT2D eigenvalue weighted by molar-refractivity contribution is 0.882. The monoisotopic (exact) mass is 181 g/mol. The molecule has 0 radical (unpaired) electrons. The van der Waals surface area contributed by atoms with E-state index in [1.54, 1.807) is 4.88 Å². The molecular formula is C10H15NS. The smallest absolute Gasteiger partial charge is 0.0493 e. The number of anilines is 1. The van der Waals surface area contributed by atoms with Gasteiger partial charge in [-0.05, 0) is 30.7 Å². The van der Waals surface area contributed by atoms with Crippen LogP contribution in [0.5, 0.6) is 0 Å². The topological polar surface area (TPSA) is 26.0 Å². The lowest BCUT2D eigenvalue weighted by Crippen LogP contribution is -1.93. The Morgan fingerprint density at radius 3 is 2.67 bits per heavy atom. The third kappa shape index (κ3) is 1.06. The summed E-state index contributed by atoms with van der Waals surface area (Å²) in [7, 11) is 0. The number of nitrogen functional groups attached to an aromatic ring is 1. The standard InChI is InChI=1S/C10H15NS/c1-6(2)10-9(11)7-4-3-5-8(7)12-10/h6H,3-5,11H2,1-2H3. The fraction of sp³-hybridized carbons (Fsp3) is 0.600. The summed E-state index contributed by atoms with van der Waals surface area (Å²) in [6.45, 7) is 4.44. The molecule has 0 atom stereocenters. The second-order valence-corrected chi connectivity index (χ2v) is 4.93. The first kappa shape index (κ1) is 8.11. The van der Waals surface area contributed by atoms with Gasteiger partial charge in [-0.3, -0.25) is 0 Å². The van der Waals surface area contributed by atoms with Crippen molar-refractivity contribution in [3.8, 4) is 0 Å². The third-order valence-electron chi connectivity index (χ3n) is 2.52. The highest BCUT2D eigenvalue weighted by molar-refractivity contribution is 7.12. The number of rotatable bonds is 1. The van der Waals surface area contributed by atoms with E-state index in [0.29, 0.717) is 5.92 Å². The molecule has 1 aromatic rings. The van der Waals surface area contributed by atoms with Crippen molar-refractivity contribution in [2.75, 3.05) is 5.73 Å². The lowest BCUT2D eigenvalue weighted by Gasteiger charge is -2.03. The summed E-state index contributed by atoms with van der Waals surface area (Å²) < 4.78 is 0. The fourth-order valence-electron chi connectivity index (χ4n) is 1.88. The average molecular weight is 181 g/mol. The van der Waals surface area contributed by atoms with Crippen molar-refractivity contribution in [1.82, 2.24) is 0 Å². The number of thiophene rings is 1. The number of fused-ring (bicyclic) bond motifs is 1. The third-order valence-corrected chi connectivity index (χ3v) is 4.12. The fourth-order valence-corrected chi connectivity index (χ4v) is 3.19. The molecule has 66 valence electrons. The molecule has 0 spiro atoms. The van der Waals surface area contributed by atoms with Crippen molar-refractivity contribution in [2.24, 2.45) is 0 Å². The summed E-state index contributed by atoms with van der Waals surface area (Å²) >= 11 is 1.93. The van der Waals surface area contributed by atoms with Crippen molar-refractivity contribution in [2.45, 2.75) is 39.0 Å². The first-order chi connectivity index (χ1) is 5.70. The Morgan fingerprint density at radius 1 is 1.33 bits per heavy atom. The number of aryl methyl sites for hydroxylation is 1. The highest BCUT2D eigenvalue weighted by atomic mass is 32.1. The quantitative estimate of drug-likeness (QED) is 0.708. The second kappa shape index (κ2) is 2.77. The molecule has 2 heteroatoms. The first-order valence-electron chi connectivity index (χ1n) is 4.60. The van der Waals surface area contributed by atoms with Gasteiger partial charge in [0.25, 0.3) is 0 Å². The van der Waals surface area contributed by atoms with Crippen LogP contribution in [0.25, 0.3) is 0 Å². The Kier molecular flexibility index (Phi) is 1.87. The normalized spacial score (nSPS) is 15.6. The number of hydrogen-bond acceptors (Lipinski definition) is 2. The SMILES string of the molecule is CC(C)c1sc2c(c1N)CCC2. The number of nitrogens with two attached hydrogens (primary N) is 1. The van der Waals surface area contributed by atoms with Gasteiger partial charge in [-0.2, -0.15) is 0 Å². The predicted molar refractivity (Wildman–Crippen MR) is 54.8 cm³/mol. The zero-order chi connectivity index (χ0) is 8.72. The van der Waals surface area contributed by atoms with Crippen LogP contribution in [0.4, 0.5) is 5.69 Å². The van der Waals surface area contributed by atoms with Crippen LogP contribution in [0.2, 0.25) is 0 Å². The van der Waals surface area contributed by atoms with E-state index in [1.807, 2.05) is 11.3 Å². The molecule has 0 bridgehead atoms. The Hall–Kier alpha value is -0.500. The van der Waals surface area contributed by atoms with E-state index in [-0.39, 0.29) is 0 Å². The van der Waals surface area contributed by atoms with Gasteiger partial charge in [0.1, 0.15) is 0 Å². The average Bonchev–Trinajstić information content (AvgIpc) is 2.53. The van der Waals surface area contributed by atoms with Crippen LogP contribution in [0.1, 0.15) is 41.5 Å². The predicted octanol–water partition coefficient (Wildman–Crippen LogP) is 2.94. The molecule has 12 heavy (non-hydrogen) atoms. The van der Waals surface area contributed by atoms with E-state index in [1.165, 1.54) is 29.7 Å². The molecule has 2 rings (SSSR count). The molecule has 0 unspecified atom stereocenters. The van der Waals surface area contributed by atoms with E-state index in [2.05, 4.69) is 13.8 Å². The Bertz CT molecular complexity index is 299. The molecule has 0 fully saturated rings. The van der Waals surface area contributed by atoms with Gasteiger partial charge in [0.15, 0.2) is 0 Å². The summed E-state index contributed by atoms with van der Waals surface area (Å²) in [6, 6.07) is 0. The van der Waals surface area contributed by atoms with E-state index < -0.39 is 0 Å². The maximum Gasteiger partial charge on any atom is 0.0493 e. The molecule has 1 aliphatic rings. The van der Waals surface area contributed by atoms with E-state index in [4.69, 9.17) is 5.73 Å². The maximum atomic E-state index is 6.07. The Morgan fingerprint density at radius 2 is 2.08 bits per heavy atom. The minimum atomic E-state index is 0.598. The van der Waals surface area contributed by atoms with Crippen LogP contribution in [-0.2, 0) is 12.8 Å². The number of hydrogen-bond donors (Lipinski definition) is 1. The van der Waals surface area contributed by atoms with E-state index in [0.717, 1.165) is 5.69 Å². The molecule has 2 N–H and O–H groups in total. The van der Waals surface area contributed by atoms with Crippen LogP contribution in [0.15, 0.2) is 0 Å². The Balaban J connectivity index is 2.47. The van der Waals surface area contributed by atoms with Crippen molar-refractivity contribution >= 4 is 17.0 Å². The van der Waals surface area contributed by atoms with Gasteiger partial charge in [0.05, 0.1) is 0 Å². The van der Waals surface area contributed by atoms with Gasteiger partial charge >= 0.3 is 0 Å². The van der Waals surface area contributed by atoms with Gasteiger partial charge in [-0.1, -0.05) is 13.8 Å². The molecule has 0 saturated carbocycles. The van der Waals surface area contributed by atoms with Crippen LogP contribution in [-0.4, -0.2) is 0 Å². The van der Waals surface area contributed by atoms with Crippen LogP contribution in [0, 0.1) is 0 Å².